The molecule has 0 amide bonds. The highest BCUT2D eigenvalue weighted by molar-refractivity contribution is 6.18. The van der Waals surface area contributed by atoms with Gasteiger partial charge in [0.2, 0.25) is 5.69 Å². The predicted molar refractivity (Wildman–Crippen MR) is 107 cm³/mol. The Hall–Kier alpha value is -3.84. The predicted octanol–water partition coefficient (Wildman–Crippen LogP) is 6.37. The highest BCUT2D eigenvalue weighted by atomic mass is 16.3. The summed E-state index contributed by atoms with van der Waals surface area (Å²) in [6.45, 7) is 9.24. The van der Waals surface area contributed by atoms with Gasteiger partial charge in [0, 0.05) is 21.7 Å². The summed E-state index contributed by atoms with van der Waals surface area (Å²) < 4.78 is 6.05. The van der Waals surface area contributed by atoms with Gasteiger partial charge in [-0.1, -0.05) is 42.5 Å². The zero-order valence-corrected chi connectivity index (χ0v) is 14.5. The number of fused-ring (bicyclic) bond motifs is 5. The van der Waals surface area contributed by atoms with E-state index in [4.69, 9.17) is 11.0 Å². The van der Waals surface area contributed by atoms with Gasteiger partial charge in [-0.3, -0.25) is 4.98 Å². The normalized spacial score (nSPS) is 11.3. The van der Waals surface area contributed by atoms with Crippen molar-refractivity contribution >= 4 is 38.5 Å². The van der Waals surface area contributed by atoms with Crippen molar-refractivity contribution in [2.24, 2.45) is 0 Å². The number of aromatic hydroxyl groups is 1. The average Bonchev–Trinajstić information content (AvgIpc) is 3.08. The van der Waals surface area contributed by atoms with E-state index in [1.54, 1.807) is 18.3 Å². The molecular formula is C23H14N2O2. The molecule has 0 radical (unpaired) electrons. The van der Waals surface area contributed by atoms with Crippen LogP contribution >= 0.6 is 0 Å². The van der Waals surface area contributed by atoms with Crippen LogP contribution in [0.25, 0.3) is 48.8 Å². The first-order valence-electron chi connectivity index (χ1n) is 8.58. The number of pyridine rings is 1. The number of benzene rings is 3. The molecule has 0 saturated heterocycles. The van der Waals surface area contributed by atoms with Crippen LogP contribution in [0.5, 0.6) is 5.75 Å². The maximum atomic E-state index is 10.4. The number of para-hydroxylation sites is 2. The fourth-order valence-electron chi connectivity index (χ4n) is 3.65. The van der Waals surface area contributed by atoms with Crippen molar-refractivity contribution in [1.82, 2.24) is 4.98 Å². The van der Waals surface area contributed by atoms with Crippen LogP contribution < -0.4 is 0 Å². The maximum absolute atomic E-state index is 10.4. The second-order valence-corrected chi connectivity index (χ2v) is 6.57. The molecular weight excluding hydrogens is 336 g/mol. The molecule has 0 bridgehead atoms. The monoisotopic (exact) mass is 350 g/mol. The van der Waals surface area contributed by atoms with E-state index in [1.807, 2.05) is 43.3 Å². The number of aryl methyl sites for hydroxylation is 1. The van der Waals surface area contributed by atoms with Gasteiger partial charge in [-0.05, 0) is 30.2 Å². The van der Waals surface area contributed by atoms with Crippen molar-refractivity contribution in [3.8, 4) is 16.9 Å². The molecule has 0 aliphatic rings. The molecule has 0 aliphatic heterocycles. The van der Waals surface area contributed by atoms with Crippen molar-refractivity contribution in [2.45, 2.75) is 6.92 Å². The zero-order chi connectivity index (χ0) is 18.5. The lowest BCUT2D eigenvalue weighted by Gasteiger charge is -2.08. The van der Waals surface area contributed by atoms with Crippen molar-refractivity contribution in [1.29, 1.82) is 0 Å². The molecule has 0 fully saturated rings. The molecule has 0 aliphatic carbocycles. The molecule has 4 heteroatoms. The molecule has 5 aromatic rings. The second-order valence-electron chi connectivity index (χ2n) is 6.57. The van der Waals surface area contributed by atoms with Gasteiger partial charge in [0.15, 0.2) is 5.58 Å². The first-order chi connectivity index (χ1) is 13.2. The lowest BCUT2D eigenvalue weighted by Crippen LogP contribution is -1.84. The number of furan rings is 1. The van der Waals surface area contributed by atoms with Crippen LogP contribution in [0.2, 0.25) is 0 Å². The molecule has 1 N–H and O–H groups in total. The van der Waals surface area contributed by atoms with Crippen molar-refractivity contribution < 1.29 is 9.52 Å². The number of phenols is 1. The Bertz CT molecular complexity index is 1410. The Kier molecular flexibility index (Phi) is 3.19. The molecule has 0 spiro atoms. The van der Waals surface area contributed by atoms with E-state index in [0.29, 0.717) is 5.56 Å². The third kappa shape index (κ3) is 2.19. The smallest absolute Gasteiger partial charge is 0.228 e. The summed E-state index contributed by atoms with van der Waals surface area (Å²) in [5, 5.41) is 13.5. The highest BCUT2D eigenvalue weighted by Gasteiger charge is 2.15. The molecule has 27 heavy (non-hydrogen) atoms. The summed E-state index contributed by atoms with van der Waals surface area (Å²) in [4.78, 5) is 7.90. The molecule has 5 rings (SSSR count). The van der Waals surface area contributed by atoms with Gasteiger partial charge in [-0.25, -0.2) is 4.85 Å². The second kappa shape index (κ2) is 5.58. The van der Waals surface area contributed by atoms with Crippen LogP contribution in [-0.2, 0) is 0 Å². The van der Waals surface area contributed by atoms with Crippen LogP contribution in [0, 0.1) is 13.5 Å². The number of nitrogens with zero attached hydrogens (tertiary/aromatic N) is 2. The summed E-state index contributed by atoms with van der Waals surface area (Å²) in [7, 11) is 0. The SMILES string of the molecule is [C-]#[N+]c1cccc(-c2ccc3ncc4oc5c(C)cccc5c4c3c2)c1O. The fraction of sp³-hybridized carbons (Fsp3) is 0.0435. The first kappa shape index (κ1) is 15.4. The van der Waals surface area contributed by atoms with E-state index in [9.17, 15) is 5.11 Å². The highest BCUT2D eigenvalue weighted by Crippen LogP contribution is 2.40. The quantitative estimate of drug-likeness (QED) is 0.358. The number of phenolic OH excluding ortho intramolecular Hbond substituents is 1. The summed E-state index contributed by atoms with van der Waals surface area (Å²) in [6, 6.07) is 17.2. The molecule has 0 saturated carbocycles. The number of aromatic nitrogens is 1. The van der Waals surface area contributed by atoms with Crippen LogP contribution in [0.3, 0.4) is 0 Å². The molecule has 2 aromatic heterocycles. The Morgan fingerprint density at radius 1 is 1.04 bits per heavy atom. The molecule has 2 heterocycles. The van der Waals surface area contributed by atoms with E-state index in [0.717, 1.165) is 44.0 Å². The minimum atomic E-state index is -0.000111. The standard InChI is InChI=1S/C23H14N2O2/c1-13-5-3-7-16-21-17-11-14(15-6-4-8-19(24-2)22(15)26)9-10-18(17)25-12-20(21)27-23(13)16/h3-12,26H,1H3. The molecule has 0 unspecified atom stereocenters. The molecule has 0 atom stereocenters. The van der Waals surface area contributed by atoms with Crippen LogP contribution in [-0.4, -0.2) is 10.1 Å². The van der Waals surface area contributed by atoms with Gasteiger partial charge in [0.05, 0.1) is 18.3 Å². The van der Waals surface area contributed by atoms with Crippen molar-refractivity contribution in [3.63, 3.8) is 0 Å². The summed E-state index contributed by atoms with van der Waals surface area (Å²) in [5.41, 5.74) is 5.25. The van der Waals surface area contributed by atoms with Gasteiger partial charge in [0.1, 0.15) is 11.3 Å². The number of rotatable bonds is 1. The fourth-order valence-corrected chi connectivity index (χ4v) is 3.65. The zero-order valence-electron chi connectivity index (χ0n) is 14.5. The first-order valence-corrected chi connectivity index (χ1v) is 8.58. The van der Waals surface area contributed by atoms with Crippen LogP contribution in [0.1, 0.15) is 5.56 Å². The summed E-state index contributed by atoms with van der Waals surface area (Å²) in [5.74, 6) is -0.000111. The van der Waals surface area contributed by atoms with Gasteiger partial charge < -0.3 is 9.52 Å². The van der Waals surface area contributed by atoms with E-state index in [1.165, 1.54) is 0 Å². The van der Waals surface area contributed by atoms with Gasteiger partial charge >= 0.3 is 0 Å². The number of hydrogen-bond acceptors (Lipinski definition) is 3. The van der Waals surface area contributed by atoms with E-state index >= 15 is 0 Å². The lowest BCUT2D eigenvalue weighted by molar-refractivity contribution is 0.480. The summed E-state index contributed by atoms with van der Waals surface area (Å²) in [6.07, 6.45) is 1.76. The molecule has 3 aromatic carbocycles. The number of hydrogen-bond donors (Lipinski definition) is 1. The minimum Gasteiger partial charge on any atom is -0.518 e. The van der Waals surface area contributed by atoms with Crippen LogP contribution in [0.15, 0.2) is 65.2 Å². The topological polar surface area (TPSA) is 50.6 Å². The van der Waals surface area contributed by atoms with Gasteiger partial charge in [-0.15, -0.1) is 0 Å². The van der Waals surface area contributed by atoms with Gasteiger partial charge in [0.25, 0.3) is 0 Å². The Morgan fingerprint density at radius 3 is 2.74 bits per heavy atom. The Morgan fingerprint density at radius 2 is 1.89 bits per heavy atom. The average molecular weight is 350 g/mol. The lowest BCUT2D eigenvalue weighted by atomic mass is 9.99. The van der Waals surface area contributed by atoms with Crippen molar-refractivity contribution in [3.05, 3.63) is 77.8 Å². The third-order valence-electron chi connectivity index (χ3n) is 4.97. The third-order valence-corrected chi connectivity index (χ3v) is 4.97. The maximum Gasteiger partial charge on any atom is 0.228 e. The van der Waals surface area contributed by atoms with E-state index < -0.39 is 0 Å². The van der Waals surface area contributed by atoms with Gasteiger partial charge in [-0.2, -0.15) is 0 Å². The molecule has 128 valence electrons. The van der Waals surface area contributed by atoms with E-state index in [-0.39, 0.29) is 11.4 Å². The van der Waals surface area contributed by atoms with E-state index in [2.05, 4.69) is 15.9 Å². The van der Waals surface area contributed by atoms with Crippen molar-refractivity contribution in [2.75, 3.05) is 0 Å². The summed E-state index contributed by atoms with van der Waals surface area (Å²) >= 11 is 0. The Labute approximate surface area is 155 Å². The minimum absolute atomic E-state index is 0.000111. The largest absolute Gasteiger partial charge is 0.518 e. The Balaban J connectivity index is 1.88. The van der Waals surface area contributed by atoms with Crippen LogP contribution in [0.4, 0.5) is 5.69 Å². The molecule has 4 nitrogen and oxygen atoms in total.